The number of amides is 4. The lowest BCUT2D eigenvalue weighted by molar-refractivity contribution is -0.122. The van der Waals surface area contributed by atoms with Crippen LogP contribution < -0.4 is 15.0 Å². The van der Waals surface area contributed by atoms with Gasteiger partial charge in [-0.2, -0.15) is 0 Å². The van der Waals surface area contributed by atoms with Gasteiger partial charge in [-0.1, -0.05) is 24.3 Å². The fourth-order valence-corrected chi connectivity index (χ4v) is 3.48. The Bertz CT molecular complexity index is 1190. The van der Waals surface area contributed by atoms with E-state index in [9.17, 15) is 14.4 Å². The van der Waals surface area contributed by atoms with Gasteiger partial charge in [0.15, 0.2) is 0 Å². The Kier molecular flexibility index (Phi) is 5.41. The van der Waals surface area contributed by atoms with Crippen LogP contribution in [0.3, 0.4) is 0 Å². The van der Waals surface area contributed by atoms with Gasteiger partial charge in [0.25, 0.3) is 11.8 Å². The molecule has 4 rings (SSSR count). The van der Waals surface area contributed by atoms with E-state index in [1.165, 1.54) is 6.08 Å². The number of barbiturate groups is 1. The third kappa shape index (κ3) is 3.98. The Labute approximate surface area is 179 Å². The average Bonchev–Trinajstić information content (AvgIpc) is 3.12. The Morgan fingerprint density at radius 1 is 0.968 bits per heavy atom. The second-order valence-electron chi connectivity index (χ2n) is 7.01. The van der Waals surface area contributed by atoms with Crippen LogP contribution in [-0.2, 0) is 9.59 Å². The Balaban J connectivity index is 1.69. The maximum atomic E-state index is 13.1. The maximum Gasteiger partial charge on any atom is 0.335 e. The van der Waals surface area contributed by atoms with Crippen LogP contribution in [0, 0.1) is 6.92 Å². The number of imide groups is 2. The molecule has 156 valence electrons. The van der Waals surface area contributed by atoms with E-state index in [4.69, 9.17) is 4.74 Å². The van der Waals surface area contributed by atoms with Crippen molar-refractivity contribution in [3.8, 4) is 11.4 Å². The zero-order valence-corrected chi connectivity index (χ0v) is 17.2. The first kappa shape index (κ1) is 20.2. The van der Waals surface area contributed by atoms with Gasteiger partial charge < -0.3 is 9.30 Å². The molecule has 0 saturated carbocycles. The molecule has 0 spiro atoms. The molecule has 1 aliphatic heterocycles. The van der Waals surface area contributed by atoms with Crippen LogP contribution in [0.15, 0.2) is 72.4 Å². The van der Waals surface area contributed by atoms with Crippen molar-refractivity contribution in [2.75, 3.05) is 11.5 Å². The van der Waals surface area contributed by atoms with Crippen LogP contribution in [0.4, 0.5) is 10.5 Å². The number of nitrogens with zero attached hydrogens (tertiary/aromatic N) is 2. The first-order valence-corrected chi connectivity index (χ1v) is 9.86. The summed E-state index contributed by atoms with van der Waals surface area (Å²) in [5, 5.41) is 2.24. The monoisotopic (exact) mass is 415 g/mol. The molecule has 0 radical (unpaired) electrons. The van der Waals surface area contributed by atoms with E-state index >= 15 is 0 Å². The van der Waals surface area contributed by atoms with Crippen LogP contribution in [0.5, 0.6) is 5.75 Å². The van der Waals surface area contributed by atoms with E-state index in [2.05, 4.69) is 5.32 Å². The molecule has 7 nitrogen and oxygen atoms in total. The zero-order valence-electron chi connectivity index (χ0n) is 17.2. The summed E-state index contributed by atoms with van der Waals surface area (Å²) < 4.78 is 7.42. The minimum absolute atomic E-state index is 0.119. The van der Waals surface area contributed by atoms with Crippen molar-refractivity contribution < 1.29 is 19.1 Å². The highest BCUT2D eigenvalue weighted by molar-refractivity contribution is 6.39. The lowest BCUT2D eigenvalue weighted by Gasteiger charge is -2.26. The molecule has 1 fully saturated rings. The molecule has 0 bridgehead atoms. The lowest BCUT2D eigenvalue weighted by atomic mass is 10.1. The molecule has 1 aliphatic rings. The van der Waals surface area contributed by atoms with Crippen molar-refractivity contribution >= 4 is 29.6 Å². The molecule has 1 saturated heterocycles. The number of hydrogen-bond acceptors (Lipinski definition) is 4. The first-order chi connectivity index (χ1) is 15.0. The summed E-state index contributed by atoms with van der Waals surface area (Å²) in [5.41, 5.74) is 2.79. The number of nitrogens with one attached hydrogen (secondary N) is 1. The molecule has 7 heteroatoms. The highest BCUT2D eigenvalue weighted by Gasteiger charge is 2.37. The SMILES string of the molecule is CCOc1cccc(N2C(=O)NC(=O)/C(=C/c3cc(C)n(-c4ccccc4)c3)C2=O)c1. The molecule has 3 aromatic rings. The number of urea groups is 1. The van der Waals surface area contributed by atoms with Crippen molar-refractivity contribution in [3.05, 3.63) is 83.7 Å². The Morgan fingerprint density at radius 3 is 2.45 bits per heavy atom. The number of aromatic nitrogens is 1. The third-order valence-corrected chi connectivity index (χ3v) is 4.87. The van der Waals surface area contributed by atoms with E-state index in [1.54, 1.807) is 24.3 Å². The number of carbonyl (C=O) groups is 3. The molecule has 2 heterocycles. The summed E-state index contributed by atoms with van der Waals surface area (Å²) in [6, 6.07) is 17.4. The van der Waals surface area contributed by atoms with Crippen molar-refractivity contribution in [1.82, 2.24) is 9.88 Å². The third-order valence-electron chi connectivity index (χ3n) is 4.87. The van der Waals surface area contributed by atoms with Crippen LogP contribution in [0.1, 0.15) is 18.2 Å². The zero-order chi connectivity index (χ0) is 22.0. The molecule has 2 aromatic carbocycles. The largest absolute Gasteiger partial charge is 0.494 e. The number of aryl methyl sites for hydroxylation is 1. The lowest BCUT2D eigenvalue weighted by Crippen LogP contribution is -2.54. The highest BCUT2D eigenvalue weighted by atomic mass is 16.5. The molecule has 0 atom stereocenters. The van der Waals surface area contributed by atoms with Crippen LogP contribution >= 0.6 is 0 Å². The van der Waals surface area contributed by atoms with E-state index in [-0.39, 0.29) is 5.57 Å². The first-order valence-electron chi connectivity index (χ1n) is 9.86. The Hall–Kier alpha value is -4.13. The van der Waals surface area contributed by atoms with Gasteiger partial charge in [-0.15, -0.1) is 0 Å². The van der Waals surface area contributed by atoms with Crippen LogP contribution in [0.25, 0.3) is 11.8 Å². The summed E-state index contributed by atoms with van der Waals surface area (Å²) in [6.45, 7) is 4.23. The van der Waals surface area contributed by atoms with Crippen molar-refractivity contribution in [3.63, 3.8) is 0 Å². The highest BCUT2D eigenvalue weighted by Crippen LogP contribution is 2.26. The number of ether oxygens (including phenoxy) is 1. The molecule has 0 unspecified atom stereocenters. The quantitative estimate of drug-likeness (QED) is 0.507. The number of benzene rings is 2. The number of carbonyl (C=O) groups excluding carboxylic acids is 3. The van der Waals surface area contributed by atoms with Crippen LogP contribution in [0.2, 0.25) is 0 Å². The fourth-order valence-electron chi connectivity index (χ4n) is 3.48. The number of para-hydroxylation sites is 1. The van der Waals surface area contributed by atoms with Gasteiger partial charge in [-0.25, -0.2) is 9.69 Å². The van der Waals surface area contributed by atoms with Gasteiger partial charge in [0.05, 0.1) is 12.3 Å². The predicted molar refractivity (Wildman–Crippen MR) is 117 cm³/mol. The van der Waals surface area contributed by atoms with Gasteiger partial charge in [-0.3, -0.25) is 14.9 Å². The minimum Gasteiger partial charge on any atom is -0.494 e. The van der Waals surface area contributed by atoms with Crippen LogP contribution in [-0.4, -0.2) is 29.0 Å². The molecule has 31 heavy (non-hydrogen) atoms. The fraction of sp³-hybridized carbons (Fsp3) is 0.125. The van der Waals surface area contributed by atoms with Crippen molar-refractivity contribution in [1.29, 1.82) is 0 Å². The van der Waals surface area contributed by atoms with Crippen molar-refractivity contribution in [2.24, 2.45) is 0 Å². The standard InChI is InChI=1S/C24H21N3O4/c1-3-31-20-11-7-10-19(14-20)27-23(29)21(22(28)25-24(27)30)13-17-12-16(2)26(15-17)18-8-5-4-6-9-18/h4-15H,3H2,1-2H3,(H,25,28,30)/b21-13-. The molecule has 1 N–H and O–H groups in total. The minimum atomic E-state index is -0.793. The molecular weight excluding hydrogens is 394 g/mol. The van der Waals surface area contributed by atoms with Gasteiger partial charge in [0, 0.05) is 23.6 Å². The van der Waals surface area contributed by atoms with Crippen molar-refractivity contribution in [2.45, 2.75) is 13.8 Å². The van der Waals surface area contributed by atoms with E-state index in [0.717, 1.165) is 16.3 Å². The summed E-state index contributed by atoms with van der Waals surface area (Å²) in [4.78, 5) is 38.9. The summed E-state index contributed by atoms with van der Waals surface area (Å²) >= 11 is 0. The van der Waals surface area contributed by atoms with Gasteiger partial charge in [0.1, 0.15) is 11.3 Å². The summed E-state index contributed by atoms with van der Waals surface area (Å²) in [7, 11) is 0. The predicted octanol–water partition coefficient (Wildman–Crippen LogP) is 3.85. The van der Waals surface area contributed by atoms with Gasteiger partial charge in [0.2, 0.25) is 0 Å². The van der Waals surface area contributed by atoms with Gasteiger partial charge >= 0.3 is 6.03 Å². The van der Waals surface area contributed by atoms with E-state index in [1.807, 2.05) is 61.0 Å². The van der Waals surface area contributed by atoms with E-state index < -0.39 is 17.8 Å². The molecular formula is C24H21N3O4. The summed E-state index contributed by atoms with van der Waals surface area (Å²) in [5.74, 6) is -0.886. The molecule has 1 aromatic heterocycles. The number of anilines is 1. The Morgan fingerprint density at radius 2 is 1.71 bits per heavy atom. The molecule has 4 amide bonds. The number of hydrogen-bond donors (Lipinski definition) is 1. The number of rotatable bonds is 5. The molecule has 0 aliphatic carbocycles. The smallest absolute Gasteiger partial charge is 0.335 e. The van der Waals surface area contributed by atoms with E-state index in [0.29, 0.717) is 23.6 Å². The topological polar surface area (TPSA) is 80.6 Å². The summed E-state index contributed by atoms with van der Waals surface area (Å²) in [6.07, 6.45) is 3.34. The second-order valence-corrected chi connectivity index (χ2v) is 7.01. The average molecular weight is 415 g/mol. The maximum absolute atomic E-state index is 13.1. The van der Waals surface area contributed by atoms with Gasteiger partial charge in [-0.05, 0) is 55.8 Å². The normalized spacial score (nSPS) is 15.4. The second kappa shape index (κ2) is 8.31.